The van der Waals surface area contributed by atoms with Gasteiger partial charge in [0, 0.05) is 17.9 Å². The van der Waals surface area contributed by atoms with E-state index < -0.39 is 10.0 Å². The Bertz CT molecular complexity index is 576. The smallest absolute Gasteiger partial charge is 0.238 e. The Morgan fingerprint density at radius 1 is 1.37 bits per heavy atom. The third kappa shape index (κ3) is 5.74. The molecule has 1 amide bonds. The van der Waals surface area contributed by atoms with Crippen LogP contribution in [0, 0.1) is 11.3 Å². The van der Waals surface area contributed by atoms with Crippen LogP contribution in [0.4, 0.5) is 5.69 Å². The van der Waals surface area contributed by atoms with Gasteiger partial charge in [-0.15, -0.1) is 0 Å². The molecule has 0 fully saturated rings. The van der Waals surface area contributed by atoms with Crippen molar-refractivity contribution in [3.63, 3.8) is 0 Å². The van der Waals surface area contributed by atoms with E-state index in [1.165, 1.54) is 36.0 Å². The highest BCUT2D eigenvalue weighted by Gasteiger charge is 2.07. The summed E-state index contributed by atoms with van der Waals surface area (Å²) in [6.07, 6.45) is 0.404. The summed E-state index contributed by atoms with van der Waals surface area (Å²) in [7, 11) is -3.72. The quantitative estimate of drug-likeness (QED) is 0.758. The standard InChI is InChI=1S/C11H13N3O3S2/c12-6-1-7-18-8-11(15)14-9-2-4-10(5-3-9)19(13,16)17/h2-5H,1,7-8H2,(H,14,15)(H2,13,16,17). The van der Waals surface area contributed by atoms with Crippen LogP contribution in [-0.4, -0.2) is 25.8 Å². The number of nitrogens with two attached hydrogens (primary N) is 1. The van der Waals surface area contributed by atoms with Crippen molar-refractivity contribution in [3.05, 3.63) is 24.3 Å². The zero-order valence-corrected chi connectivity index (χ0v) is 11.6. The van der Waals surface area contributed by atoms with E-state index in [4.69, 9.17) is 10.4 Å². The molecule has 19 heavy (non-hydrogen) atoms. The minimum Gasteiger partial charge on any atom is -0.325 e. The van der Waals surface area contributed by atoms with Crippen molar-refractivity contribution >= 4 is 33.4 Å². The monoisotopic (exact) mass is 299 g/mol. The predicted molar refractivity (Wildman–Crippen MR) is 74.0 cm³/mol. The average molecular weight is 299 g/mol. The van der Waals surface area contributed by atoms with Crippen LogP contribution in [0.2, 0.25) is 0 Å². The van der Waals surface area contributed by atoms with E-state index in [9.17, 15) is 13.2 Å². The summed E-state index contributed by atoms with van der Waals surface area (Å²) in [6.45, 7) is 0. The third-order valence-corrected chi connectivity index (χ3v) is 3.95. The van der Waals surface area contributed by atoms with Gasteiger partial charge in [-0.3, -0.25) is 4.79 Å². The number of rotatable bonds is 6. The molecule has 0 heterocycles. The maximum Gasteiger partial charge on any atom is 0.238 e. The first kappa shape index (κ1) is 15.5. The van der Waals surface area contributed by atoms with E-state index in [0.717, 1.165) is 0 Å². The molecule has 1 rings (SSSR count). The first-order valence-electron chi connectivity index (χ1n) is 5.31. The summed E-state index contributed by atoms with van der Waals surface area (Å²) < 4.78 is 22.1. The minimum absolute atomic E-state index is 0.00565. The molecule has 0 saturated heterocycles. The van der Waals surface area contributed by atoms with E-state index >= 15 is 0 Å². The molecule has 0 radical (unpaired) electrons. The highest BCUT2D eigenvalue weighted by atomic mass is 32.2. The van der Waals surface area contributed by atoms with E-state index in [1.54, 1.807) is 0 Å². The summed E-state index contributed by atoms with van der Waals surface area (Å²) in [5.74, 6) is 0.652. The number of hydrogen-bond donors (Lipinski definition) is 2. The number of primary sulfonamides is 1. The van der Waals surface area contributed by atoms with E-state index in [1.807, 2.05) is 6.07 Å². The number of nitrogens with zero attached hydrogens (tertiary/aromatic N) is 1. The fourth-order valence-corrected chi connectivity index (χ4v) is 2.36. The molecule has 0 unspecified atom stereocenters. The number of carbonyl (C=O) groups excluding carboxylic acids is 1. The highest BCUT2D eigenvalue weighted by Crippen LogP contribution is 2.13. The van der Waals surface area contributed by atoms with E-state index in [-0.39, 0.29) is 16.6 Å². The van der Waals surface area contributed by atoms with Crippen LogP contribution in [-0.2, 0) is 14.8 Å². The van der Waals surface area contributed by atoms with Gasteiger partial charge in [-0.05, 0) is 24.3 Å². The van der Waals surface area contributed by atoms with Gasteiger partial charge in [-0.2, -0.15) is 17.0 Å². The van der Waals surface area contributed by atoms with Gasteiger partial charge in [0.25, 0.3) is 0 Å². The molecule has 3 N–H and O–H groups in total. The number of sulfonamides is 1. The van der Waals surface area contributed by atoms with Gasteiger partial charge in [0.15, 0.2) is 0 Å². The molecule has 0 aliphatic carbocycles. The lowest BCUT2D eigenvalue weighted by atomic mass is 10.3. The lowest BCUT2D eigenvalue weighted by Crippen LogP contribution is -2.15. The van der Waals surface area contributed by atoms with Crippen LogP contribution < -0.4 is 10.5 Å². The largest absolute Gasteiger partial charge is 0.325 e. The van der Waals surface area contributed by atoms with Gasteiger partial charge >= 0.3 is 0 Å². The van der Waals surface area contributed by atoms with Crippen molar-refractivity contribution < 1.29 is 13.2 Å². The minimum atomic E-state index is -3.72. The molecule has 0 atom stereocenters. The average Bonchev–Trinajstić information content (AvgIpc) is 2.34. The molecule has 1 aromatic carbocycles. The molecule has 1 aromatic rings. The van der Waals surface area contributed by atoms with Crippen LogP contribution >= 0.6 is 11.8 Å². The lowest BCUT2D eigenvalue weighted by molar-refractivity contribution is -0.113. The number of nitrogens with one attached hydrogen (secondary N) is 1. The Balaban J connectivity index is 2.50. The summed E-state index contributed by atoms with van der Waals surface area (Å²) in [6, 6.07) is 7.58. The van der Waals surface area contributed by atoms with Gasteiger partial charge < -0.3 is 5.32 Å². The number of carbonyl (C=O) groups is 1. The Labute approximate surface area is 116 Å². The second-order valence-corrected chi connectivity index (χ2v) is 6.24. The zero-order valence-electron chi connectivity index (χ0n) is 10.00. The van der Waals surface area contributed by atoms with Crippen molar-refractivity contribution in [1.29, 1.82) is 5.26 Å². The SMILES string of the molecule is N#CCCSCC(=O)Nc1ccc(S(N)(=O)=O)cc1. The lowest BCUT2D eigenvalue weighted by Gasteiger charge is -2.05. The van der Waals surface area contributed by atoms with Crippen LogP contribution in [0.3, 0.4) is 0 Å². The van der Waals surface area contributed by atoms with Crippen molar-refractivity contribution in [2.75, 3.05) is 16.8 Å². The number of hydrogen-bond acceptors (Lipinski definition) is 5. The second-order valence-electron chi connectivity index (χ2n) is 3.58. The van der Waals surface area contributed by atoms with Crippen molar-refractivity contribution in [1.82, 2.24) is 0 Å². The Kier molecular flexibility index (Phi) is 5.82. The van der Waals surface area contributed by atoms with Gasteiger partial charge in [-0.25, -0.2) is 13.6 Å². The summed E-state index contributed by atoms with van der Waals surface area (Å²) >= 11 is 1.36. The number of anilines is 1. The third-order valence-electron chi connectivity index (χ3n) is 2.06. The Morgan fingerprint density at radius 2 is 2.00 bits per heavy atom. The maximum absolute atomic E-state index is 11.5. The van der Waals surface area contributed by atoms with Gasteiger partial charge in [0.2, 0.25) is 15.9 Å². The van der Waals surface area contributed by atoms with Crippen molar-refractivity contribution in [2.45, 2.75) is 11.3 Å². The molecular formula is C11H13N3O3S2. The zero-order chi connectivity index (χ0) is 14.3. The van der Waals surface area contributed by atoms with Crippen LogP contribution in [0.25, 0.3) is 0 Å². The number of amides is 1. The van der Waals surface area contributed by atoms with Gasteiger partial charge in [0.1, 0.15) is 0 Å². The molecule has 0 bridgehead atoms. The molecular weight excluding hydrogens is 286 g/mol. The fourth-order valence-electron chi connectivity index (χ4n) is 1.21. The highest BCUT2D eigenvalue weighted by molar-refractivity contribution is 7.99. The molecule has 8 heteroatoms. The van der Waals surface area contributed by atoms with Crippen LogP contribution in [0.15, 0.2) is 29.2 Å². The number of benzene rings is 1. The Hall–Kier alpha value is -1.56. The van der Waals surface area contributed by atoms with Crippen molar-refractivity contribution in [2.24, 2.45) is 5.14 Å². The molecule has 0 aliphatic rings. The van der Waals surface area contributed by atoms with Crippen molar-refractivity contribution in [3.8, 4) is 6.07 Å². The van der Waals surface area contributed by atoms with E-state index in [0.29, 0.717) is 17.9 Å². The summed E-state index contributed by atoms with van der Waals surface area (Å²) in [5, 5.41) is 15.9. The molecule has 0 aromatic heterocycles. The first-order chi connectivity index (χ1) is 8.93. The molecule has 102 valence electrons. The summed E-state index contributed by atoms with van der Waals surface area (Å²) in [4.78, 5) is 11.5. The molecule has 6 nitrogen and oxygen atoms in total. The fraction of sp³-hybridized carbons (Fsp3) is 0.273. The maximum atomic E-state index is 11.5. The normalized spacial score (nSPS) is 10.7. The Morgan fingerprint density at radius 3 is 2.53 bits per heavy atom. The number of nitriles is 1. The topological polar surface area (TPSA) is 113 Å². The first-order valence-corrected chi connectivity index (χ1v) is 8.01. The molecule has 0 aliphatic heterocycles. The summed E-state index contributed by atoms with van der Waals surface area (Å²) in [5.41, 5.74) is 0.498. The van der Waals surface area contributed by atoms with Gasteiger partial charge in [0.05, 0.1) is 16.7 Å². The predicted octanol–water partition coefficient (Wildman–Crippen LogP) is 0.919. The molecule has 0 saturated carbocycles. The van der Waals surface area contributed by atoms with E-state index in [2.05, 4.69) is 5.32 Å². The van der Waals surface area contributed by atoms with Crippen LogP contribution in [0.1, 0.15) is 6.42 Å². The molecule has 0 spiro atoms. The van der Waals surface area contributed by atoms with Gasteiger partial charge in [-0.1, -0.05) is 0 Å². The second kappa shape index (κ2) is 7.13. The number of thioether (sulfide) groups is 1. The van der Waals surface area contributed by atoms with Crippen LogP contribution in [0.5, 0.6) is 0 Å².